The Morgan fingerprint density at radius 2 is 1.74 bits per heavy atom. The number of carbonyl (C=O) groups excluding carboxylic acids is 1. The zero-order chi connectivity index (χ0) is 20.2. The third kappa shape index (κ3) is 5.80. The van der Waals surface area contributed by atoms with Crippen molar-refractivity contribution in [1.29, 1.82) is 0 Å². The summed E-state index contributed by atoms with van der Waals surface area (Å²) in [7, 11) is 0. The van der Waals surface area contributed by atoms with Crippen LogP contribution in [0.15, 0.2) is 42.5 Å². The molecule has 0 aliphatic carbocycles. The number of aryl methyl sites for hydroxylation is 2. The lowest BCUT2D eigenvalue weighted by molar-refractivity contribution is -0.139. The van der Waals surface area contributed by atoms with E-state index in [1.807, 2.05) is 0 Å². The van der Waals surface area contributed by atoms with Gasteiger partial charge in [-0.05, 0) is 48.2 Å². The first-order valence-electron chi connectivity index (χ1n) is 8.02. The Morgan fingerprint density at radius 1 is 1.11 bits per heavy atom. The summed E-state index contributed by atoms with van der Waals surface area (Å²) in [6.07, 6.45) is -5.44. The molecule has 144 valence electrons. The Morgan fingerprint density at radius 3 is 2.26 bits per heavy atom. The van der Waals surface area contributed by atoms with Crippen LogP contribution in [0.25, 0.3) is 0 Å². The van der Waals surface area contributed by atoms with Gasteiger partial charge in [0.15, 0.2) is 6.04 Å². The summed E-state index contributed by atoms with van der Waals surface area (Å²) in [6, 6.07) is 7.75. The quantitative estimate of drug-likeness (QED) is 0.736. The van der Waals surface area contributed by atoms with Crippen molar-refractivity contribution < 1.29 is 32.3 Å². The van der Waals surface area contributed by atoms with Crippen LogP contribution in [-0.2, 0) is 11.2 Å². The lowest BCUT2D eigenvalue weighted by Crippen LogP contribution is -2.33. The SMILES string of the molecule is Cc1cc(C(NC(=O)c2ccc(CCC(F)(F)F)cc2)C(=O)O)ccc1F. The molecule has 0 spiro atoms. The van der Waals surface area contributed by atoms with Gasteiger partial charge in [0.2, 0.25) is 0 Å². The third-order valence-corrected chi connectivity index (χ3v) is 3.95. The summed E-state index contributed by atoms with van der Waals surface area (Å²) in [5, 5.41) is 11.7. The average molecular weight is 383 g/mol. The fraction of sp³-hybridized carbons (Fsp3) is 0.263. The minimum absolute atomic E-state index is 0.107. The number of nitrogens with one attached hydrogen (secondary N) is 1. The number of hydrogen-bond acceptors (Lipinski definition) is 2. The van der Waals surface area contributed by atoms with Gasteiger partial charge >= 0.3 is 12.1 Å². The number of benzene rings is 2. The number of hydrogen-bond donors (Lipinski definition) is 2. The highest BCUT2D eigenvalue weighted by molar-refractivity contribution is 5.96. The fourth-order valence-electron chi connectivity index (χ4n) is 2.46. The van der Waals surface area contributed by atoms with E-state index in [1.165, 1.54) is 43.3 Å². The maximum Gasteiger partial charge on any atom is 0.389 e. The second-order valence-electron chi connectivity index (χ2n) is 6.07. The maximum atomic E-state index is 13.4. The van der Waals surface area contributed by atoms with Crippen LogP contribution in [0.4, 0.5) is 17.6 Å². The van der Waals surface area contributed by atoms with Crippen molar-refractivity contribution in [2.45, 2.75) is 32.0 Å². The topological polar surface area (TPSA) is 66.4 Å². The molecule has 2 aromatic rings. The molecule has 0 aliphatic heterocycles. The van der Waals surface area contributed by atoms with Gasteiger partial charge in [-0.3, -0.25) is 4.79 Å². The maximum absolute atomic E-state index is 13.4. The van der Waals surface area contributed by atoms with Crippen molar-refractivity contribution in [3.05, 3.63) is 70.5 Å². The first-order chi connectivity index (χ1) is 12.6. The summed E-state index contributed by atoms with van der Waals surface area (Å²) in [5.41, 5.74) is 0.960. The molecule has 0 aliphatic rings. The van der Waals surface area contributed by atoms with Crippen LogP contribution >= 0.6 is 0 Å². The number of carboxylic acid groups (broad SMARTS) is 1. The standard InChI is InChI=1S/C19H17F4NO3/c1-11-10-14(6-7-15(11)20)16(18(26)27)24-17(25)13-4-2-12(3-5-13)8-9-19(21,22)23/h2-7,10,16H,8-9H2,1H3,(H,24,25)(H,26,27). The summed E-state index contributed by atoms with van der Waals surface area (Å²) < 4.78 is 50.1. The molecule has 0 heterocycles. The van der Waals surface area contributed by atoms with Crippen LogP contribution in [0.1, 0.15) is 39.5 Å². The largest absolute Gasteiger partial charge is 0.479 e. The van der Waals surface area contributed by atoms with Crippen molar-refractivity contribution in [1.82, 2.24) is 5.32 Å². The second kappa shape index (κ2) is 8.20. The van der Waals surface area contributed by atoms with Gasteiger partial charge in [-0.1, -0.05) is 24.3 Å². The zero-order valence-electron chi connectivity index (χ0n) is 14.3. The number of aliphatic carboxylic acids is 1. The predicted octanol–water partition coefficient (Wildman–Crippen LogP) is 4.18. The van der Waals surface area contributed by atoms with Crippen LogP contribution in [0, 0.1) is 12.7 Å². The van der Waals surface area contributed by atoms with Gasteiger partial charge in [-0.15, -0.1) is 0 Å². The molecule has 0 radical (unpaired) electrons. The van der Waals surface area contributed by atoms with E-state index in [2.05, 4.69) is 5.32 Å². The molecule has 2 rings (SSSR count). The zero-order valence-corrected chi connectivity index (χ0v) is 14.3. The van der Waals surface area contributed by atoms with Gasteiger partial charge in [-0.2, -0.15) is 13.2 Å². The van der Waals surface area contributed by atoms with Crippen molar-refractivity contribution in [3.8, 4) is 0 Å². The average Bonchev–Trinajstić information content (AvgIpc) is 2.59. The summed E-state index contributed by atoms with van der Waals surface area (Å²) in [4.78, 5) is 23.8. The Hall–Kier alpha value is -2.90. The minimum Gasteiger partial charge on any atom is -0.479 e. The molecule has 0 fully saturated rings. The van der Waals surface area contributed by atoms with E-state index in [0.29, 0.717) is 5.56 Å². The fourth-order valence-corrected chi connectivity index (χ4v) is 2.46. The predicted molar refractivity (Wildman–Crippen MR) is 89.8 cm³/mol. The highest BCUT2D eigenvalue weighted by Crippen LogP contribution is 2.22. The molecular weight excluding hydrogens is 366 g/mol. The molecule has 0 bridgehead atoms. The highest BCUT2D eigenvalue weighted by Gasteiger charge is 2.26. The van der Waals surface area contributed by atoms with E-state index in [0.717, 1.165) is 6.07 Å². The van der Waals surface area contributed by atoms with Crippen molar-refractivity contribution >= 4 is 11.9 Å². The third-order valence-electron chi connectivity index (χ3n) is 3.95. The summed E-state index contributed by atoms with van der Waals surface area (Å²) in [5.74, 6) is -2.52. The van der Waals surface area contributed by atoms with Crippen molar-refractivity contribution in [2.24, 2.45) is 0 Å². The van der Waals surface area contributed by atoms with Gasteiger partial charge < -0.3 is 10.4 Å². The van der Waals surface area contributed by atoms with E-state index in [4.69, 9.17) is 0 Å². The van der Waals surface area contributed by atoms with Crippen molar-refractivity contribution in [2.75, 3.05) is 0 Å². The molecule has 1 atom stereocenters. The first-order valence-corrected chi connectivity index (χ1v) is 8.02. The molecule has 4 nitrogen and oxygen atoms in total. The molecule has 27 heavy (non-hydrogen) atoms. The Balaban J connectivity index is 2.11. The molecule has 0 saturated carbocycles. The van der Waals surface area contributed by atoms with Crippen LogP contribution in [0.5, 0.6) is 0 Å². The number of rotatable bonds is 6. The molecule has 0 saturated heterocycles. The second-order valence-corrected chi connectivity index (χ2v) is 6.07. The summed E-state index contributed by atoms with van der Waals surface area (Å²) >= 11 is 0. The van der Waals surface area contributed by atoms with Gasteiger partial charge in [-0.25, -0.2) is 9.18 Å². The normalized spacial score (nSPS) is 12.5. The Labute approximate surface area is 152 Å². The Bertz CT molecular complexity index is 832. The van der Waals surface area contributed by atoms with Gasteiger partial charge in [0, 0.05) is 12.0 Å². The summed E-state index contributed by atoms with van der Waals surface area (Å²) in [6.45, 7) is 1.47. The minimum atomic E-state index is -4.27. The van der Waals surface area contributed by atoms with Crippen LogP contribution in [-0.4, -0.2) is 23.2 Å². The van der Waals surface area contributed by atoms with E-state index < -0.39 is 36.3 Å². The smallest absolute Gasteiger partial charge is 0.389 e. The molecule has 1 unspecified atom stereocenters. The molecule has 1 amide bonds. The lowest BCUT2D eigenvalue weighted by atomic mass is 10.0. The Kier molecular flexibility index (Phi) is 6.20. The van der Waals surface area contributed by atoms with Crippen molar-refractivity contribution in [3.63, 3.8) is 0 Å². The molecule has 2 N–H and O–H groups in total. The monoisotopic (exact) mass is 383 g/mol. The highest BCUT2D eigenvalue weighted by atomic mass is 19.4. The molecule has 0 aromatic heterocycles. The van der Waals surface area contributed by atoms with Crippen LogP contribution < -0.4 is 5.32 Å². The van der Waals surface area contributed by atoms with Gasteiger partial charge in [0.25, 0.3) is 5.91 Å². The number of alkyl halides is 3. The lowest BCUT2D eigenvalue weighted by Gasteiger charge is -2.16. The number of halogens is 4. The molecule has 8 heteroatoms. The van der Waals surface area contributed by atoms with Crippen LogP contribution in [0.3, 0.4) is 0 Å². The van der Waals surface area contributed by atoms with Crippen LogP contribution in [0.2, 0.25) is 0 Å². The van der Waals surface area contributed by atoms with E-state index >= 15 is 0 Å². The number of amides is 1. The van der Waals surface area contributed by atoms with E-state index in [9.17, 15) is 32.3 Å². The first kappa shape index (κ1) is 20.4. The van der Waals surface area contributed by atoms with E-state index in [-0.39, 0.29) is 23.1 Å². The molecule has 2 aromatic carbocycles. The number of carbonyl (C=O) groups is 2. The number of carboxylic acids is 1. The molecular formula is C19H17F4NO3. The van der Waals surface area contributed by atoms with E-state index in [1.54, 1.807) is 0 Å². The van der Waals surface area contributed by atoms with Gasteiger partial charge in [0.1, 0.15) is 5.82 Å². The van der Waals surface area contributed by atoms with Gasteiger partial charge in [0.05, 0.1) is 0 Å².